The van der Waals surface area contributed by atoms with Gasteiger partial charge in [-0.25, -0.2) is 0 Å². The molecule has 2 nitrogen and oxygen atoms in total. The van der Waals surface area contributed by atoms with Crippen molar-refractivity contribution in [2.75, 3.05) is 0 Å². The maximum Gasteiger partial charge on any atom is 0.0555 e. The largest absolute Gasteiger partial charge is 0.656 e. The van der Waals surface area contributed by atoms with Gasteiger partial charge in [-0.2, -0.15) is 0 Å². The molecule has 2 aromatic carbocycles. The van der Waals surface area contributed by atoms with E-state index in [9.17, 15) is 0 Å². The molecule has 0 aliphatic carbocycles. The third kappa shape index (κ3) is 3.77. The molecule has 0 bridgehead atoms. The molecule has 0 saturated carbocycles. The quantitative estimate of drug-likeness (QED) is 0.376. The average Bonchev–Trinajstić information content (AvgIpc) is 2.55. The molecule has 24 heavy (non-hydrogen) atoms. The van der Waals surface area contributed by atoms with Gasteiger partial charge in [-0.3, -0.25) is 4.98 Å². The molecule has 0 saturated heterocycles. The predicted octanol–water partition coefficient (Wildman–Crippen LogP) is 6.82. The van der Waals surface area contributed by atoms with Crippen molar-refractivity contribution in [1.82, 2.24) is 4.98 Å². The maximum absolute atomic E-state index is 5.05. The Hall–Kier alpha value is -1.48. The summed E-state index contributed by atoms with van der Waals surface area (Å²) in [6.45, 7) is 8.89. The molecule has 0 atom stereocenters. The molecule has 0 N–H and O–H groups in total. The second-order valence-corrected chi connectivity index (χ2v) is 6.56. The van der Waals surface area contributed by atoms with Gasteiger partial charge in [0.25, 0.3) is 0 Å². The summed E-state index contributed by atoms with van der Waals surface area (Å²) in [5.74, 6) is 0.880. The maximum atomic E-state index is 5.05. The minimum atomic E-state index is 0. The van der Waals surface area contributed by atoms with Crippen LogP contribution in [-0.2, 0) is 25.8 Å². The number of nitrogens with zero attached hydrogens (tertiary/aromatic N) is 2. The van der Waals surface area contributed by atoms with Crippen molar-refractivity contribution in [2.24, 2.45) is 0 Å². The average molecular weight is 482 g/mol. The van der Waals surface area contributed by atoms with Gasteiger partial charge in [0.05, 0.1) is 5.52 Å². The third-order valence-electron chi connectivity index (χ3n) is 4.19. The molecule has 0 unspecified atom stereocenters. The van der Waals surface area contributed by atoms with Gasteiger partial charge in [0.2, 0.25) is 0 Å². The van der Waals surface area contributed by atoms with Gasteiger partial charge in [0, 0.05) is 32.0 Å². The van der Waals surface area contributed by atoms with Crippen LogP contribution >= 0.6 is 0 Å². The van der Waals surface area contributed by atoms with Gasteiger partial charge in [-0.05, 0) is 23.3 Å². The topological polar surface area (TPSA) is 27.0 Å². The van der Waals surface area contributed by atoms with E-state index in [2.05, 4.69) is 75.1 Å². The van der Waals surface area contributed by atoms with Crippen molar-refractivity contribution in [3.63, 3.8) is 0 Å². The second kappa shape index (κ2) is 8.06. The molecule has 3 rings (SSSR count). The van der Waals surface area contributed by atoms with E-state index in [1.807, 2.05) is 12.3 Å². The second-order valence-electron chi connectivity index (χ2n) is 6.56. The molecule has 1 aromatic heterocycles. The number of hydrogen-bond donors (Lipinski definition) is 0. The zero-order valence-corrected chi connectivity index (χ0v) is 18.3. The van der Waals surface area contributed by atoms with E-state index in [0.29, 0.717) is 11.8 Å². The van der Waals surface area contributed by atoms with Crippen LogP contribution in [0.1, 0.15) is 50.7 Å². The molecular weight excluding hydrogens is 459 g/mol. The smallest absolute Gasteiger partial charge is 0.0555 e. The van der Waals surface area contributed by atoms with Crippen LogP contribution in [0, 0.1) is 0 Å². The zero-order valence-electron chi connectivity index (χ0n) is 14.7. The van der Waals surface area contributed by atoms with E-state index in [-0.39, 0.29) is 25.8 Å². The number of fused-ring (bicyclic) bond motifs is 1. The number of hydrogen-bond acceptors (Lipinski definition) is 1. The number of para-hydroxylation sites is 2. The molecule has 0 radical (unpaired) electrons. The first kappa shape index (κ1) is 18.9. The van der Waals surface area contributed by atoms with Crippen LogP contribution < -0.4 is 0 Å². The number of rotatable bonds is 4. The first-order valence-corrected chi connectivity index (χ1v) is 8.26. The Morgan fingerprint density at radius 1 is 0.792 bits per heavy atom. The molecule has 0 aliphatic rings. The van der Waals surface area contributed by atoms with Crippen molar-refractivity contribution in [3.8, 4) is 0 Å². The predicted molar refractivity (Wildman–Crippen MR) is 99.0 cm³/mol. The third-order valence-corrected chi connectivity index (χ3v) is 4.19. The monoisotopic (exact) mass is 483 g/mol. The standard InChI is InChI=1S/C21H23N2.Hf/c1-14(2)17-10-6-11-18(15(3)4)21(17)23-19-12-5-8-16-9-7-13-22-20(16)19;/h5-15H,1-4H3;/q-1;. The molecule has 0 aliphatic heterocycles. The molecule has 122 valence electrons. The Kier molecular flexibility index (Phi) is 6.34. The molecule has 3 heteroatoms. The van der Waals surface area contributed by atoms with E-state index < -0.39 is 0 Å². The van der Waals surface area contributed by atoms with E-state index in [4.69, 9.17) is 5.32 Å². The van der Waals surface area contributed by atoms with Crippen LogP contribution in [0.15, 0.2) is 54.7 Å². The van der Waals surface area contributed by atoms with Gasteiger partial charge in [-0.1, -0.05) is 81.3 Å². The molecule has 0 spiro atoms. The summed E-state index contributed by atoms with van der Waals surface area (Å²) in [5, 5.41) is 6.18. The summed E-state index contributed by atoms with van der Waals surface area (Å²) in [6, 6.07) is 16.8. The van der Waals surface area contributed by atoms with E-state index in [0.717, 1.165) is 22.3 Å². The summed E-state index contributed by atoms with van der Waals surface area (Å²) < 4.78 is 0. The van der Waals surface area contributed by atoms with E-state index >= 15 is 0 Å². The van der Waals surface area contributed by atoms with Gasteiger partial charge in [0.15, 0.2) is 0 Å². The minimum absolute atomic E-state index is 0. The van der Waals surface area contributed by atoms with Crippen LogP contribution in [0.25, 0.3) is 16.2 Å². The van der Waals surface area contributed by atoms with E-state index in [1.54, 1.807) is 0 Å². The first-order valence-electron chi connectivity index (χ1n) is 8.26. The zero-order chi connectivity index (χ0) is 16.4. The van der Waals surface area contributed by atoms with Crippen LogP contribution in [0.3, 0.4) is 0 Å². The fourth-order valence-corrected chi connectivity index (χ4v) is 2.94. The molecule has 0 amide bonds. The number of pyridine rings is 1. The Balaban J connectivity index is 0.00000208. The summed E-state index contributed by atoms with van der Waals surface area (Å²) >= 11 is 0. The van der Waals surface area contributed by atoms with Crippen LogP contribution in [0.4, 0.5) is 11.4 Å². The fourth-order valence-electron chi connectivity index (χ4n) is 2.94. The molecule has 3 aromatic rings. The Bertz CT molecular complexity index is 793. The molecule has 0 fully saturated rings. The Morgan fingerprint density at radius 3 is 2.00 bits per heavy atom. The van der Waals surface area contributed by atoms with Crippen molar-refractivity contribution in [2.45, 2.75) is 39.5 Å². The first-order chi connectivity index (χ1) is 11.1. The van der Waals surface area contributed by atoms with Crippen LogP contribution in [0.5, 0.6) is 0 Å². The van der Waals surface area contributed by atoms with Crippen molar-refractivity contribution in [1.29, 1.82) is 0 Å². The molecular formula is C21H23HfN2-. The van der Waals surface area contributed by atoms with Crippen molar-refractivity contribution < 1.29 is 25.8 Å². The normalized spacial score (nSPS) is 10.9. The molecule has 1 heterocycles. The van der Waals surface area contributed by atoms with Crippen LogP contribution in [-0.4, -0.2) is 4.98 Å². The van der Waals surface area contributed by atoms with Gasteiger partial charge < -0.3 is 5.32 Å². The SMILES string of the molecule is CC(C)c1cccc(C(C)C)c1[N-]c1cccc2cccnc12.[Hf]. The van der Waals surface area contributed by atoms with Gasteiger partial charge in [0.1, 0.15) is 0 Å². The summed E-state index contributed by atoms with van der Waals surface area (Å²) in [5.41, 5.74) is 5.60. The van der Waals surface area contributed by atoms with Gasteiger partial charge in [-0.15, -0.1) is 11.4 Å². The van der Waals surface area contributed by atoms with E-state index in [1.165, 1.54) is 11.1 Å². The van der Waals surface area contributed by atoms with Gasteiger partial charge >= 0.3 is 0 Å². The summed E-state index contributed by atoms with van der Waals surface area (Å²) in [6.07, 6.45) is 1.83. The summed E-state index contributed by atoms with van der Waals surface area (Å²) in [4.78, 5) is 4.53. The number of benzene rings is 2. The van der Waals surface area contributed by atoms with Crippen molar-refractivity contribution >= 4 is 22.3 Å². The van der Waals surface area contributed by atoms with Crippen LogP contribution in [0.2, 0.25) is 0 Å². The fraction of sp³-hybridized carbons (Fsp3) is 0.286. The minimum Gasteiger partial charge on any atom is -0.656 e. The summed E-state index contributed by atoms with van der Waals surface area (Å²) in [7, 11) is 0. The Morgan fingerprint density at radius 2 is 1.38 bits per heavy atom. The number of aromatic nitrogens is 1. The van der Waals surface area contributed by atoms with Crippen molar-refractivity contribution in [3.05, 3.63) is 71.2 Å². The Labute approximate surface area is 163 Å².